The molecule has 4 amide bonds. The number of phenols is 1. The molecule has 14 nitrogen and oxygen atoms in total. The molecule has 2 aliphatic heterocycles. The van der Waals surface area contributed by atoms with Crippen molar-refractivity contribution in [2.24, 2.45) is 7.05 Å². The number of imide groups is 2. The normalized spacial score (nSPS) is 15.2. The van der Waals surface area contributed by atoms with E-state index in [9.17, 15) is 29.1 Å². The molecule has 4 aromatic rings. The summed E-state index contributed by atoms with van der Waals surface area (Å²) in [5.41, 5.74) is 4.69. The van der Waals surface area contributed by atoms with Crippen LogP contribution in [0.1, 0.15) is 76.9 Å². The number of nitrogens with one attached hydrogen (secondary N) is 1. The zero-order valence-electron chi connectivity index (χ0n) is 32.8. The van der Waals surface area contributed by atoms with E-state index in [1.165, 1.54) is 12.1 Å². The number of aromatic nitrogens is 2. The second-order valence-electron chi connectivity index (χ2n) is 14.3. The molecule has 0 spiro atoms. The number of benzene rings is 3. The van der Waals surface area contributed by atoms with E-state index in [0.29, 0.717) is 61.4 Å². The van der Waals surface area contributed by atoms with Gasteiger partial charge in [-0.05, 0) is 99.5 Å². The van der Waals surface area contributed by atoms with Crippen molar-refractivity contribution in [1.29, 1.82) is 0 Å². The SMILES string of the molecule is Cc1cc(-c2ccc(OCCCCCOCCOCCCC(=O)COc3cccc4c3C(=O)N(C3CCC(=O)NC3=O)C4=O)c(-c3ccc(Cl)c(C)c3)c2O)n(C)n1. The lowest BCUT2D eigenvalue weighted by atomic mass is 9.97. The van der Waals surface area contributed by atoms with E-state index in [-0.39, 0.29) is 54.3 Å². The number of halogens is 1. The molecule has 0 aliphatic carbocycles. The minimum atomic E-state index is -1.09. The molecule has 3 aromatic carbocycles. The van der Waals surface area contributed by atoms with E-state index in [4.69, 9.17) is 30.5 Å². The number of ether oxygens (including phenoxy) is 4. The number of nitrogens with zero attached hydrogens (tertiary/aromatic N) is 3. The number of rotatable bonds is 20. The van der Waals surface area contributed by atoms with Gasteiger partial charge in [-0.25, -0.2) is 0 Å². The summed E-state index contributed by atoms with van der Waals surface area (Å²) in [7, 11) is 1.85. The Kier molecular flexibility index (Phi) is 14.0. The summed E-state index contributed by atoms with van der Waals surface area (Å²) < 4.78 is 24.9. The van der Waals surface area contributed by atoms with Gasteiger partial charge in [0.25, 0.3) is 11.8 Å². The average molecular weight is 815 g/mol. The lowest BCUT2D eigenvalue weighted by Gasteiger charge is -2.27. The molecule has 1 fully saturated rings. The summed E-state index contributed by atoms with van der Waals surface area (Å²) in [5.74, 6) is -1.92. The summed E-state index contributed by atoms with van der Waals surface area (Å²) >= 11 is 6.30. The molecule has 0 radical (unpaired) electrons. The number of hydrogen-bond acceptors (Lipinski definition) is 11. The molecule has 306 valence electrons. The van der Waals surface area contributed by atoms with Crippen molar-refractivity contribution in [3.63, 3.8) is 0 Å². The largest absolute Gasteiger partial charge is 0.506 e. The molecule has 1 aromatic heterocycles. The zero-order chi connectivity index (χ0) is 41.3. The van der Waals surface area contributed by atoms with Gasteiger partial charge < -0.3 is 24.1 Å². The van der Waals surface area contributed by atoms with E-state index < -0.39 is 29.7 Å². The van der Waals surface area contributed by atoms with Gasteiger partial charge in [0.2, 0.25) is 11.8 Å². The highest BCUT2D eigenvalue weighted by Gasteiger charge is 2.46. The van der Waals surface area contributed by atoms with Gasteiger partial charge >= 0.3 is 0 Å². The van der Waals surface area contributed by atoms with Crippen molar-refractivity contribution >= 4 is 41.0 Å². The summed E-state index contributed by atoms with van der Waals surface area (Å²) in [5, 5.41) is 18.7. The maximum absolute atomic E-state index is 13.2. The highest BCUT2D eigenvalue weighted by Crippen LogP contribution is 2.45. The van der Waals surface area contributed by atoms with Crippen LogP contribution in [0.2, 0.25) is 5.02 Å². The van der Waals surface area contributed by atoms with Crippen molar-refractivity contribution in [3.8, 4) is 39.6 Å². The Hall–Kier alpha value is -5.57. The van der Waals surface area contributed by atoms with Gasteiger partial charge in [0, 0.05) is 43.7 Å². The number of amides is 4. The van der Waals surface area contributed by atoms with Crippen molar-refractivity contribution in [1.82, 2.24) is 20.0 Å². The van der Waals surface area contributed by atoms with Crippen LogP contribution in [0, 0.1) is 13.8 Å². The Bertz CT molecular complexity index is 2200. The highest BCUT2D eigenvalue weighted by atomic mass is 35.5. The predicted octanol–water partition coefficient (Wildman–Crippen LogP) is 6.14. The minimum absolute atomic E-state index is 0.0000352. The van der Waals surface area contributed by atoms with Gasteiger partial charge in [-0.1, -0.05) is 23.7 Å². The Labute approximate surface area is 341 Å². The van der Waals surface area contributed by atoms with Gasteiger partial charge in [0.15, 0.2) is 5.78 Å². The fraction of sp³-hybridized carbons (Fsp3) is 0.395. The average Bonchev–Trinajstić information content (AvgIpc) is 3.66. The number of fused-ring (bicyclic) bond motifs is 1. The molecule has 1 atom stereocenters. The summed E-state index contributed by atoms with van der Waals surface area (Å²) in [6, 6.07) is 14.7. The van der Waals surface area contributed by atoms with E-state index >= 15 is 0 Å². The Balaban J connectivity index is 0.852. The number of hydrogen-bond donors (Lipinski definition) is 2. The first-order chi connectivity index (χ1) is 27.9. The standard InChI is InChI=1S/C43H47ClN4O10/c1-26-23-28(12-14-32(26)44)38-36(16-13-30(40(38)51)34-24-27(2)46-47(34)3)57-20-6-4-5-18-55-21-22-56-19-8-9-29(49)25-58-35-11-7-10-31-39(35)43(54)48(42(31)53)33-15-17-37(50)45-41(33)52/h7,10-14,16,23-24,33,51H,4-6,8-9,15,17-22,25H2,1-3H3,(H,45,50,52). The minimum Gasteiger partial charge on any atom is -0.506 e. The number of piperidine rings is 1. The summed E-state index contributed by atoms with van der Waals surface area (Å²) in [4.78, 5) is 63.5. The molecule has 0 saturated carbocycles. The fourth-order valence-electron chi connectivity index (χ4n) is 7.03. The van der Waals surface area contributed by atoms with Gasteiger partial charge in [-0.3, -0.25) is 38.9 Å². The summed E-state index contributed by atoms with van der Waals surface area (Å²) in [6.07, 6.45) is 3.24. The molecule has 58 heavy (non-hydrogen) atoms. The van der Waals surface area contributed by atoms with Crippen molar-refractivity contribution in [2.45, 2.75) is 64.8 Å². The number of aryl methyl sites for hydroxylation is 3. The van der Waals surface area contributed by atoms with Crippen LogP contribution in [0.25, 0.3) is 22.4 Å². The Morgan fingerprint density at radius 3 is 2.31 bits per heavy atom. The number of phenolic OH excluding ortho intramolecular Hbond substituents is 1. The zero-order valence-corrected chi connectivity index (χ0v) is 33.6. The van der Waals surface area contributed by atoms with Crippen LogP contribution in [0.15, 0.2) is 54.6 Å². The molecule has 2 aliphatic rings. The first-order valence-corrected chi connectivity index (χ1v) is 19.7. The number of carbonyl (C=O) groups is 5. The lowest BCUT2D eigenvalue weighted by molar-refractivity contribution is -0.136. The predicted molar refractivity (Wildman–Crippen MR) is 214 cm³/mol. The monoisotopic (exact) mass is 814 g/mol. The van der Waals surface area contributed by atoms with Crippen LogP contribution in [-0.4, -0.2) is 94.9 Å². The van der Waals surface area contributed by atoms with E-state index in [1.54, 1.807) is 10.7 Å². The number of unbranched alkanes of at least 4 members (excludes halogenated alkanes) is 2. The van der Waals surface area contributed by atoms with E-state index in [2.05, 4.69) is 10.4 Å². The Morgan fingerprint density at radius 2 is 1.59 bits per heavy atom. The molecular weight excluding hydrogens is 768 g/mol. The van der Waals surface area contributed by atoms with Gasteiger partial charge in [0.1, 0.15) is 29.9 Å². The molecule has 0 bridgehead atoms. The number of aromatic hydroxyl groups is 1. The third-order valence-corrected chi connectivity index (χ3v) is 10.4. The summed E-state index contributed by atoms with van der Waals surface area (Å²) in [6.45, 7) is 5.72. The molecular formula is C43H47ClN4O10. The van der Waals surface area contributed by atoms with Crippen molar-refractivity contribution in [3.05, 3.63) is 82.0 Å². The quantitative estimate of drug-likeness (QED) is 0.0775. The van der Waals surface area contributed by atoms with Crippen LogP contribution in [0.4, 0.5) is 0 Å². The van der Waals surface area contributed by atoms with E-state index in [0.717, 1.165) is 46.7 Å². The second-order valence-corrected chi connectivity index (χ2v) is 14.7. The lowest BCUT2D eigenvalue weighted by Crippen LogP contribution is -2.54. The van der Waals surface area contributed by atoms with Crippen LogP contribution < -0.4 is 14.8 Å². The molecule has 1 unspecified atom stereocenters. The molecule has 6 rings (SSSR count). The van der Waals surface area contributed by atoms with Gasteiger partial charge in [-0.2, -0.15) is 5.10 Å². The smallest absolute Gasteiger partial charge is 0.266 e. The fourth-order valence-corrected chi connectivity index (χ4v) is 7.15. The first kappa shape index (κ1) is 42.0. The molecule has 2 N–H and O–H groups in total. The van der Waals surface area contributed by atoms with Crippen LogP contribution in [-0.2, 0) is 30.9 Å². The third-order valence-electron chi connectivity index (χ3n) is 9.99. The molecule has 1 saturated heterocycles. The number of Topliss-reactive ketones (excluding diaryl/α,β-unsaturated/α-hetero) is 1. The van der Waals surface area contributed by atoms with Crippen molar-refractivity contribution in [2.75, 3.05) is 39.6 Å². The van der Waals surface area contributed by atoms with Gasteiger partial charge in [0.05, 0.1) is 47.9 Å². The van der Waals surface area contributed by atoms with E-state index in [1.807, 2.05) is 57.3 Å². The number of ketones is 1. The molecule has 3 heterocycles. The Morgan fingerprint density at radius 1 is 0.845 bits per heavy atom. The van der Waals surface area contributed by atoms with Crippen LogP contribution in [0.5, 0.6) is 17.2 Å². The number of carbonyl (C=O) groups excluding carboxylic acids is 5. The maximum atomic E-state index is 13.2. The highest BCUT2D eigenvalue weighted by molar-refractivity contribution is 6.31. The van der Waals surface area contributed by atoms with Gasteiger partial charge in [-0.15, -0.1) is 0 Å². The van der Waals surface area contributed by atoms with Crippen molar-refractivity contribution < 1.29 is 48.0 Å². The third kappa shape index (κ3) is 9.75. The topological polar surface area (TPSA) is 176 Å². The van der Waals surface area contributed by atoms with Crippen LogP contribution in [0.3, 0.4) is 0 Å². The first-order valence-electron chi connectivity index (χ1n) is 19.4. The maximum Gasteiger partial charge on any atom is 0.266 e. The van der Waals surface area contributed by atoms with Crippen LogP contribution >= 0.6 is 11.6 Å². The second kappa shape index (κ2) is 19.2. The molecule has 15 heteroatoms.